The van der Waals surface area contributed by atoms with Gasteiger partial charge in [0.05, 0.1) is 17.8 Å². The van der Waals surface area contributed by atoms with E-state index in [2.05, 4.69) is 20.9 Å². The highest BCUT2D eigenvalue weighted by atomic mass is 79.9. The molecule has 2 aromatic carbocycles. The lowest BCUT2D eigenvalue weighted by atomic mass is 10.0. The molecule has 4 rings (SSSR count). The Morgan fingerprint density at radius 2 is 2.08 bits per heavy atom. The number of nitrogens with one attached hydrogen (secondary N) is 1. The number of esters is 1. The fraction of sp³-hybridized carbons (Fsp3) is 0.158. The second-order valence-corrected chi connectivity index (χ2v) is 6.86. The molecule has 5 nitrogen and oxygen atoms in total. The minimum Gasteiger partial charge on any atom is -0.444 e. The number of amides is 1. The minimum atomic E-state index is -0.414. The third-order valence-electron chi connectivity index (χ3n) is 4.36. The second-order valence-electron chi connectivity index (χ2n) is 5.95. The van der Waals surface area contributed by atoms with Crippen molar-refractivity contribution < 1.29 is 14.3 Å². The van der Waals surface area contributed by atoms with Crippen molar-refractivity contribution >= 4 is 44.4 Å². The third kappa shape index (κ3) is 2.72. The first kappa shape index (κ1) is 15.9. The van der Waals surface area contributed by atoms with Crippen molar-refractivity contribution in [2.45, 2.75) is 13.3 Å². The van der Waals surface area contributed by atoms with Crippen LogP contribution in [0.15, 0.2) is 46.9 Å². The molecule has 3 aromatic rings. The van der Waals surface area contributed by atoms with Crippen LogP contribution in [0.5, 0.6) is 0 Å². The Bertz CT molecular complexity index is 1010. The van der Waals surface area contributed by atoms with Crippen molar-refractivity contribution in [2.75, 3.05) is 11.6 Å². The molecule has 1 aliphatic heterocycles. The number of benzene rings is 2. The van der Waals surface area contributed by atoms with Crippen LogP contribution in [0.4, 0.5) is 5.69 Å². The molecular formula is C19H15BrN2O3. The smallest absolute Gasteiger partial charge is 0.304 e. The average molecular weight is 399 g/mol. The number of hydrogen-bond acceptors (Lipinski definition) is 3. The molecule has 1 aliphatic rings. The molecule has 0 saturated carbocycles. The molecule has 0 bridgehead atoms. The molecular weight excluding hydrogens is 384 g/mol. The van der Waals surface area contributed by atoms with E-state index in [9.17, 15) is 9.59 Å². The number of aromatic nitrogens is 1. The van der Waals surface area contributed by atoms with Crippen LogP contribution in [0.3, 0.4) is 0 Å². The summed E-state index contributed by atoms with van der Waals surface area (Å²) in [4.78, 5) is 29.0. The van der Waals surface area contributed by atoms with E-state index >= 15 is 0 Å². The molecule has 1 N–H and O–H groups in total. The van der Waals surface area contributed by atoms with Crippen molar-refractivity contribution in [1.82, 2.24) is 4.98 Å². The number of halogens is 1. The summed E-state index contributed by atoms with van der Waals surface area (Å²) in [6.07, 6.45) is 0.238. The van der Waals surface area contributed by atoms with Gasteiger partial charge in [0.1, 0.15) is 0 Å². The molecule has 6 heteroatoms. The van der Waals surface area contributed by atoms with Gasteiger partial charge in [-0.2, -0.15) is 0 Å². The van der Waals surface area contributed by atoms with Crippen LogP contribution in [0.2, 0.25) is 0 Å². The number of fused-ring (bicyclic) bond motifs is 5. The normalized spacial score (nSPS) is 13.4. The average Bonchev–Trinajstić information content (AvgIpc) is 2.87. The Balaban J connectivity index is 1.92. The number of carbonyl (C=O) groups is 2. The standard InChI is InChI=1S/C19H15BrN2O3/c1-11(23)25-10-22-17-5-3-2-4-13(17)19-15(9-18(22)24)14-8-12(20)6-7-16(14)21-19/h2-8,21H,9-10H2,1H3. The number of hydrogen-bond donors (Lipinski definition) is 1. The van der Waals surface area contributed by atoms with E-state index in [1.165, 1.54) is 11.8 Å². The highest BCUT2D eigenvalue weighted by Crippen LogP contribution is 2.40. The molecule has 0 fully saturated rings. The number of nitrogens with zero attached hydrogens (tertiary/aromatic N) is 1. The number of ether oxygens (including phenoxy) is 1. The van der Waals surface area contributed by atoms with Crippen LogP contribution in [0.25, 0.3) is 22.2 Å². The lowest BCUT2D eigenvalue weighted by molar-refractivity contribution is -0.141. The molecule has 126 valence electrons. The predicted molar refractivity (Wildman–Crippen MR) is 99.3 cm³/mol. The van der Waals surface area contributed by atoms with Gasteiger partial charge in [-0.3, -0.25) is 14.5 Å². The molecule has 0 saturated heterocycles. The molecule has 1 amide bonds. The zero-order chi connectivity index (χ0) is 17.6. The first-order chi connectivity index (χ1) is 12.0. The van der Waals surface area contributed by atoms with Gasteiger partial charge in [0, 0.05) is 27.9 Å². The Morgan fingerprint density at radius 1 is 1.28 bits per heavy atom. The Labute approximate surface area is 152 Å². The van der Waals surface area contributed by atoms with E-state index in [1.807, 2.05) is 42.5 Å². The molecule has 0 radical (unpaired) electrons. The molecule has 0 atom stereocenters. The first-order valence-corrected chi connectivity index (χ1v) is 8.67. The minimum absolute atomic E-state index is 0.0862. The molecule has 25 heavy (non-hydrogen) atoms. The SMILES string of the molecule is CC(=O)OCN1C(=O)Cc2c([nH]c3ccc(Br)cc23)-c2ccccc21. The van der Waals surface area contributed by atoms with Crippen LogP contribution < -0.4 is 4.90 Å². The van der Waals surface area contributed by atoms with Crippen molar-refractivity contribution in [3.8, 4) is 11.3 Å². The molecule has 1 aromatic heterocycles. The number of para-hydroxylation sites is 1. The molecule has 0 aliphatic carbocycles. The zero-order valence-corrected chi connectivity index (χ0v) is 15.1. The Kier molecular flexibility index (Phi) is 3.84. The van der Waals surface area contributed by atoms with Crippen molar-refractivity contribution in [3.05, 3.63) is 52.5 Å². The summed E-state index contributed by atoms with van der Waals surface area (Å²) in [6.45, 7) is 1.25. The first-order valence-electron chi connectivity index (χ1n) is 7.88. The maximum absolute atomic E-state index is 12.9. The highest BCUT2D eigenvalue weighted by Gasteiger charge is 2.28. The van der Waals surface area contributed by atoms with Gasteiger partial charge in [0.15, 0.2) is 6.73 Å². The van der Waals surface area contributed by atoms with Crippen LogP contribution in [-0.2, 0) is 20.7 Å². The van der Waals surface area contributed by atoms with Gasteiger partial charge in [-0.05, 0) is 29.8 Å². The van der Waals surface area contributed by atoms with Gasteiger partial charge in [0.2, 0.25) is 5.91 Å². The lowest BCUT2D eigenvalue weighted by Crippen LogP contribution is -2.34. The van der Waals surface area contributed by atoms with Gasteiger partial charge >= 0.3 is 5.97 Å². The van der Waals surface area contributed by atoms with E-state index in [-0.39, 0.29) is 19.1 Å². The number of anilines is 1. The van der Waals surface area contributed by atoms with Crippen LogP contribution >= 0.6 is 15.9 Å². The number of rotatable bonds is 2. The molecule has 0 unspecified atom stereocenters. The van der Waals surface area contributed by atoms with E-state index in [0.29, 0.717) is 0 Å². The summed E-state index contributed by atoms with van der Waals surface area (Å²) in [5, 5.41) is 1.02. The number of H-pyrrole nitrogens is 1. The quantitative estimate of drug-likeness (QED) is 0.663. The Hall–Kier alpha value is -2.60. The maximum Gasteiger partial charge on any atom is 0.304 e. The largest absolute Gasteiger partial charge is 0.444 e. The van der Waals surface area contributed by atoms with E-state index in [1.54, 1.807) is 0 Å². The third-order valence-corrected chi connectivity index (χ3v) is 4.85. The Morgan fingerprint density at radius 3 is 2.88 bits per heavy atom. The number of carbonyl (C=O) groups excluding carboxylic acids is 2. The van der Waals surface area contributed by atoms with Crippen LogP contribution in [0.1, 0.15) is 12.5 Å². The summed E-state index contributed by atoms with van der Waals surface area (Å²) < 4.78 is 6.06. The molecule has 2 heterocycles. The van der Waals surface area contributed by atoms with Gasteiger partial charge in [-0.1, -0.05) is 34.1 Å². The topological polar surface area (TPSA) is 62.4 Å². The van der Waals surface area contributed by atoms with Crippen LogP contribution in [-0.4, -0.2) is 23.6 Å². The summed E-state index contributed by atoms with van der Waals surface area (Å²) in [7, 11) is 0. The van der Waals surface area contributed by atoms with Gasteiger partial charge < -0.3 is 9.72 Å². The highest BCUT2D eigenvalue weighted by molar-refractivity contribution is 9.10. The van der Waals surface area contributed by atoms with Gasteiger partial charge in [-0.25, -0.2) is 0 Å². The fourth-order valence-corrected chi connectivity index (χ4v) is 3.59. The zero-order valence-electron chi connectivity index (χ0n) is 13.5. The van der Waals surface area contributed by atoms with Crippen molar-refractivity contribution in [2.24, 2.45) is 0 Å². The maximum atomic E-state index is 12.9. The monoisotopic (exact) mass is 398 g/mol. The number of aromatic amines is 1. The van der Waals surface area contributed by atoms with Gasteiger partial charge in [0.25, 0.3) is 0 Å². The van der Waals surface area contributed by atoms with Gasteiger partial charge in [-0.15, -0.1) is 0 Å². The summed E-state index contributed by atoms with van der Waals surface area (Å²) in [5.41, 5.74) is 4.53. The second kappa shape index (κ2) is 6.04. The summed E-state index contributed by atoms with van der Waals surface area (Å²) >= 11 is 3.50. The lowest BCUT2D eigenvalue weighted by Gasteiger charge is -2.22. The molecule has 0 spiro atoms. The van der Waals surface area contributed by atoms with Crippen molar-refractivity contribution in [1.29, 1.82) is 0 Å². The fourth-order valence-electron chi connectivity index (χ4n) is 3.23. The predicted octanol–water partition coefficient (Wildman–Crippen LogP) is 4.01. The van der Waals surface area contributed by atoms with E-state index < -0.39 is 5.97 Å². The summed E-state index contributed by atoms with van der Waals surface area (Å²) in [6, 6.07) is 13.6. The van der Waals surface area contributed by atoms with Crippen molar-refractivity contribution in [3.63, 3.8) is 0 Å². The van der Waals surface area contributed by atoms with E-state index in [4.69, 9.17) is 4.74 Å². The summed E-state index contributed by atoms with van der Waals surface area (Å²) in [5.74, 6) is -0.518. The van der Waals surface area contributed by atoms with E-state index in [0.717, 1.165) is 37.9 Å². The van der Waals surface area contributed by atoms with Crippen LogP contribution in [0, 0.1) is 0 Å².